The van der Waals surface area contributed by atoms with E-state index in [1.807, 2.05) is 25.1 Å². The predicted molar refractivity (Wildman–Crippen MR) is 101 cm³/mol. The van der Waals surface area contributed by atoms with Crippen LogP contribution in [0, 0.1) is 0 Å². The van der Waals surface area contributed by atoms with Crippen LogP contribution < -0.4 is 10.1 Å². The summed E-state index contributed by atoms with van der Waals surface area (Å²) in [5, 5.41) is 3.46. The molecular formula is C21H16F3NOS. The Labute approximate surface area is 159 Å². The third-order valence-corrected chi connectivity index (χ3v) is 5.65. The van der Waals surface area contributed by atoms with E-state index in [2.05, 4.69) is 34.3 Å². The van der Waals surface area contributed by atoms with Gasteiger partial charge in [0.25, 0.3) is 0 Å². The number of benzene rings is 3. The molecule has 138 valence electrons. The lowest BCUT2D eigenvalue weighted by Crippen LogP contribution is -2.17. The maximum Gasteiger partial charge on any atom is 0.573 e. The lowest BCUT2D eigenvalue weighted by atomic mass is 9.93. The second-order valence-electron chi connectivity index (χ2n) is 6.32. The van der Waals surface area contributed by atoms with Gasteiger partial charge in [-0.3, -0.25) is 0 Å². The molecule has 1 unspecified atom stereocenters. The highest BCUT2D eigenvalue weighted by Gasteiger charge is 2.31. The Hall–Kier alpha value is -2.60. The van der Waals surface area contributed by atoms with Crippen molar-refractivity contribution in [1.29, 1.82) is 0 Å². The van der Waals surface area contributed by atoms with E-state index < -0.39 is 6.36 Å². The van der Waals surface area contributed by atoms with Gasteiger partial charge in [-0.2, -0.15) is 0 Å². The summed E-state index contributed by atoms with van der Waals surface area (Å²) < 4.78 is 40.8. The number of rotatable bonds is 3. The van der Waals surface area contributed by atoms with E-state index in [4.69, 9.17) is 0 Å². The quantitative estimate of drug-likeness (QED) is 0.411. The Kier molecular flexibility index (Phi) is 4.52. The number of hydrogen-bond donors (Lipinski definition) is 1. The first-order valence-corrected chi connectivity index (χ1v) is 9.24. The summed E-state index contributed by atoms with van der Waals surface area (Å²) in [7, 11) is 0. The standard InChI is InChI=1S/C21H16F3NOS/c1-13(14-6-9-16(10-7-14)26-21(22,23)24)15-8-11-20-18(12-15)25-17-4-2-3-5-19(17)27-20/h2-13,25H,1H3. The molecule has 3 aromatic carbocycles. The molecule has 0 bridgehead atoms. The number of ether oxygens (including phenoxy) is 1. The van der Waals surface area contributed by atoms with Crippen molar-refractivity contribution in [2.45, 2.75) is 29.0 Å². The van der Waals surface area contributed by atoms with E-state index in [1.165, 1.54) is 17.0 Å². The molecule has 2 nitrogen and oxygen atoms in total. The molecule has 1 aliphatic rings. The van der Waals surface area contributed by atoms with E-state index in [-0.39, 0.29) is 11.7 Å². The minimum absolute atomic E-state index is 0.0409. The molecule has 0 saturated heterocycles. The Balaban J connectivity index is 1.56. The van der Waals surface area contributed by atoms with E-state index in [1.54, 1.807) is 23.9 Å². The average molecular weight is 387 g/mol. The maximum atomic E-state index is 12.3. The predicted octanol–water partition coefficient (Wildman–Crippen LogP) is 6.95. The van der Waals surface area contributed by atoms with Crippen LogP contribution in [0.2, 0.25) is 0 Å². The SMILES string of the molecule is CC(c1ccc(OC(F)(F)F)cc1)c1ccc2c(c1)Nc1ccccc1S2. The number of anilines is 2. The second-order valence-corrected chi connectivity index (χ2v) is 7.40. The summed E-state index contributed by atoms with van der Waals surface area (Å²) in [5.74, 6) is -0.169. The van der Waals surface area contributed by atoms with Crippen LogP contribution in [0.4, 0.5) is 24.5 Å². The zero-order valence-corrected chi connectivity index (χ0v) is 15.2. The fourth-order valence-electron chi connectivity index (χ4n) is 3.08. The Morgan fingerprint density at radius 2 is 1.52 bits per heavy atom. The Morgan fingerprint density at radius 1 is 0.852 bits per heavy atom. The molecule has 0 radical (unpaired) electrons. The molecule has 0 spiro atoms. The van der Waals surface area contributed by atoms with Gasteiger partial charge in [0.2, 0.25) is 0 Å². The van der Waals surface area contributed by atoms with Gasteiger partial charge in [-0.05, 0) is 47.5 Å². The highest BCUT2D eigenvalue weighted by Crippen LogP contribution is 2.45. The number of alkyl halides is 3. The molecular weight excluding hydrogens is 371 g/mol. The van der Waals surface area contributed by atoms with Gasteiger partial charge in [0, 0.05) is 15.7 Å². The van der Waals surface area contributed by atoms with Crippen LogP contribution in [0.5, 0.6) is 5.75 Å². The van der Waals surface area contributed by atoms with Gasteiger partial charge >= 0.3 is 6.36 Å². The first kappa shape index (κ1) is 17.8. The average Bonchev–Trinajstić information content (AvgIpc) is 2.64. The van der Waals surface area contributed by atoms with E-state index in [0.29, 0.717) is 0 Å². The molecule has 0 amide bonds. The minimum atomic E-state index is -4.68. The Morgan fingerprint density at radius 3 is 2.26 bits per heavy atom. The van der Waals surface area contributed by atoms with Crippen molar-refractivity contribution < 1.29 is 17.9 Å². The number of nitrogens with one attached hydrogen (secondary N) is 1. The monoisotopic (exact) mass is 387 g/mol. The van der Waals surface area contributed by atoms with Crippen LogP contribution >= 0.6 is 11.8 Å². The van der Waals surface area contributed by atoms with Crippen LogP contribution in [0.15, 0.2) is 76.5 Å². The third-order valence-electron chi connectivity index (χ3n) is 4.49. The lowest BCUT2D eigenvalue weighted by molar-refractivity contribution is -0.274. The van der Waals surface area contributed by atoms with Gasteiger partial charge < -0.3 is 10.1 Å². The fraction of sp³-hybridized carbons (Fsp3) is 0.143. The van der Waals surface area contributed by atoms with Gasteiger partial charge in [0.05, 0.1) is 11.4 Å². The topological polar surface area (TPSA) is 21.3 Å². The number of halogens is 3. The summed E-state index contributed by atoms with van der Waals surface area (Å²) in [4.78, 5) is 2.34. The van der Waals surface area contributed by atoms with Crippen LogP contribution in [0.25, 0.3) is 0 Å². The molecule has 1 N–H and O–H groups in total. The molecule has 0 saturated carbocycles. The van der Waals surface area contributed by atoms with Gasteiger partial charge in [0.15, 0.2) is 0 Å². The molecule has 6 heteroatoms. The van der Waals surface area contributed by atoms with Gasteiger partial charge in [-0.15, -0.1) is 13.2 Å². The molecule has 27 heavy (non-hydrogen) atoms. The van der Waals surface area contributed by atoms with Crippen molar-refractivity contribution in [3.63, 3.8) is 0 Å². The van der Waals surface area contributed by atoms with Gasteiger partial charge in [-0.1, -0.05) is 49.0 Å². The van der Waals surface area contributed by atoms with Crippen molar-refractivity contribution in [3.8, 4) is 5.75 Å². The first-order chi connectivity index (χ1) is 12.9. The summed E-state index contributed by atoms with van der Waals surface area (Å²) in [6.45, 7) is 2.03. The molecule has 1 aliphatic heterocycles. The van der Waals surface area contributed by atoms with Crippen LogP contribution in [0.1, 0.15) is 24.0 Å². The molecule has 1 heterocycles. The lowest BCUT2D eigenvalue weighted by Gasteiger charge is -2.22. The molecule has 3 aromatic rings. The Bertz CT molecular complexity index is 970. The van der Waals surface area contributed by atoms with E-state index >= 15 is 0 Å². The molecule has 1 atom stereocenters. The zero-order chi connectivity index (χ0) is 19.0. The van der Waals surface area contributed by atoms with Gasteiger partial charge in [0.1, 0.15) is 5.75 Å². The summed E-state index contributed by atoms with van der Waals surface area (Å²) in [6, 6.07) is 20.4. The van der Waals surface area contributed by atoms with Gasteiger partial charge in [-0.25, -0.2) is 0 Å². The van der Waals surface area contributed by atoms with Crippen LogP contribution in [0.3, 0.4) is 0 Å². The normalized spacial score (nSPS) is 13.9. The highest BCUT2D eigenvalue weighted by molar-refractivity contribution is 7.99. The fourth-order valence-corrected chi connectivity index (χ4v) is 4.05. The molecule has 0 aliphatic carbocycles. The second kappa shape index (κ2) is 6.85. The largest absolute Gasteiger partial charge is 0.573 e. The minimum Gasteiger partial charge on any atom is -0.406 e. The summed E-state index contributed by atoms with van der Waals surface area (Å²) in [5.41, 5.74) is 4.13. The van der Waals surface area contributed by atoms with Crippen LogP contribution in [-0.2, 0) is 0 Å². The van der Waals surface area contributed by atoms with Crippen LogP contribution in [-0.4, -0.2) is 6.36 Å². The molecule has 0 fully saturated rings. The number of fused-ring (bicyclic) bond motifs is 2. The van der Waals surface area contributed by atoms with Crippen molar-refractivity contribution in [2.24, 2.45) is 0 Å². The maximum absolute atomic E-state index is 12.3. The van der Waals surface area contributed by atoms with Crippen molar-refractivity contribution >= 4 is 23.1 Å². The number of para-hydroxylation sites is 1. The first-order valence-electron chi connectivity index (χ1n) is 8.42. The van der Waals surface area contributed by atoms with Crippen molar-refractivity contribution in [2.75, 3.05) is 5.32 Å². The summed E-state index contributed by atoms with van der Waals surface area (Å²) >= 11 is 1.72. The third kappa shape index (κ3) is 3.90. The zero-order valence-electron chi connectivity index (χ0n) is 14.4. The molecule has 4 rings (SSSR count). The number of hydrogen-bond acceptors (Lipinski definition) is 3. The van der Waals surface area contributed by atoms with Crippen molar-refractivity contribution in [3.05, 3.63) is 77.9 Å². The highest BCUT2D eigenvalue weighted by atomic mass is 32.2. The summed E-state index contributed by atoms with van der Waals surface area (Å²) in [6.07, 6.45) is -4.68. The van der Waals surface area contributed by atoms with E-state index in [0.717, 1.165) is 27.4 Å². The smallest absolute Gasteiger partial charge is 0.406 e. The van der Waals surface area contributed by atoms with Crippen molar-refractivity contribution in [1.82, 2.24) is 0 Å². The van der Waals surface area contributed by atoms with E-state index in [9.17, 15) is 13.2 Å². The molecule has 0 aromatic heterocycles.